The summed E-state index contributed by atoms with van der Waals surface area (Å²) in [5.41, 5.74) is 4.50. The lowest BCUT2D eigenvalue weighted by molar-refractivity contribution is 0.0516. The third-order valence-electron chi connectivity index (χ3n) is 6.28. The Kier molecular flexibility index (Phi) is 7.38. The Morgan fingerprint density at radius 2 is 1.74 bits per heavy atom. The molecule has 0 spiro atoms. The van der Waals surface area contributed by atoms with Gasteiger partial charge in [0.15, 0.2) is 23.1 Å². The SMILES string of the molecule is CCOC(=O)c1c(-c2ccc(OC)c(F)c2)c2cc(OC)c(OC(C)C)cc2n1Cc1ccc2nsnc2c1. The number of rotatable bonds is 9. The first-order valence-corrected chi connectivity index (χ1v) is 13.2. The van der Waals surface area contributed by atoms with Crippen molar-refractivity contribution in [1.29, 1.82) is 0 Å². The highest BCUT2D eigenvalue weighted by atomic mass is 32.1. The van der Waals surface area contributed by atoms with Crippen molar-refractivity contribution in [2.45, 2.75) is 33.4 Å². The topological polar surface area (TPSA) is 84.7 Å². The first-order chi connectivity index (χ1) is 18.8. The zero-order valence-electron chi connectivity index (χ0n) is 22.3. The van der Waals surface area contributed by atoms with Gasteiger partial charge in [0.25, 0.3) is 0 Å². The maximum Gasteiger partial charge on any atom is 0.355 e. The fourth-order valence-electron chi connectivity index (χ4n) is 4.66. The third-order valence-corrected chi connectivity index (χ3v) is 6.84. The number of aromatic nitrogens is 3. The van der Waals surface area contributed by atoms with E-state index in [2.05, 4.69) is 8.75 Å². The lowest BCUT2D eigenvalue weighted by atomic mass is 10.0. The van der Waals surface area contributed by atoms with Crippen LogP contribution in [0.25, 0.3) is 33.1 Å². The quantitative estimate of drug-likeness (QED) is 0.195. The number of hydrogen-bond acceptors (Lipinski definition) is 8. The molecule has 0 aliphatic heterocycles. The molecule has 0 amide bonds. The molecule has 5 rings (SSSR count). The summed E-state index contributed by atoms with van der Waals surface area (Å²) in [6.07, 6.45) is -0.112. The molecule has 10 heteroatoms. The van der Waals surface area contributed by atoms with Gasteiger partial charge in [-0.05, 0) is 62.2 Å². The van der Waals surface area contributed by atoms with Crippen LogP contribution in [0.2, 0.25) is 0 Å². The second-order valence-corrected chi connectivity index (χ2v) is 9.68. The summed E-state index contributed by atoms with van der Waals surface area (Å²) in [4.78, 5) is 13.6. The molecule has 2 aromatic heterocycles. The summed E-state index contributed by atoms with van der Waals surface area (Å²) in [6.45, 7) is 6.10. The zero-order chi connectivity index (χ0) is 27.7. The monoisotopic (exact) mass is 549 g/mol. The Balaban J connectivity index is 1.83. The molecule has 39 heavy (non-hydrogen) atoms. The normalized spacial score (nSPS) is 11.4. The van der Waals surface area contributed by atoms with E-state index in [1.54, 1.807) is 26.2 Å². The van der Waals surface area contributed by atoms with Crippen LogP contribution in [0.1, 0.15) is 36.8 Å². The first-order valence-electron chi connectivity index (χ1n) is 12.5. The highest BCUT2D eigenvalue weighted by Gasteiger charge is 2.28. The number of hydrogen-bond donors (Lipinski definition) is 0. The van der Waals surface area contributed by atoms with Crippen LogP contribution < -0.4 is 14.2 Å². The van der Waals surface area contributed by atoms with Crippen LogP contribution in [0.15, 0.2) is 48.5 Å². The van der Waals surface area contributed by atoms with E-state index in [-0.39, 0.29) is 24.2 Å². The van der Waals surface area contributed by atoms with E-state index in [9.17, 15) is 9.18 Å². The first kappa shape index (κ1) is 26.4. The average molecular weight is 550 g/mol. The minimum absolute atomic E-state index is 0.107. The van der Waals surface area contributed by atoms with Crippen molar-refractivity contribution in [2.24, 2.45) is 0 Å². The number of halogens is 1. The standard InChI is InChI=1S/C29H28FN3O5S/c1-6-37-29(34)28-27(18-8-10-24(35-4)20(30)12-18)19-13-25(36-5)26(38-16(2)3)14-23(19)33(28)15-17-7-9-21-22(11-17)32-39-31-21/h7-14,16H,6,15H2,1-5H3. The molecule has 3 aromatic carbocycles. The van der Waals surface area contributed by atoms with Crippen LogP contribution in [0, 0.1) is 5.82 Å². The third kappa shape index (κ3) is 4.99. The van der Waals surface area contributed by atoms with E-state index in [4.69, 9.17) is 18.9 Å². The summed E-state index contributed by atoms with van der Waals surface area (Å²) >= 11 is 1.15. The van der Waals surface area contributed by atoms with E-state index < -0.39 is 11.8 Å². The Bertz CT molecular complexity index is 1680. The summed E-state index contributed by atoms with van der Waals surface area (Å²) in [5, 5.41) is 0.687. The van der Waals surface area contributed by atoms with Gasteiger partial charge in [-0.2, -0.15) is 8.75 Å². The minimum Gasteiger partial charge on any atom is -0.494 e. The van der Waals surface area contributed by atoms with Gasteiger partial charge in [0.1, 0.15) is 16.7 Å². The molecule has 0 aliphatic rings. The van der Waals surface area contributed by atoms with Crippen molar-refractivity contribution in [3.63, 3.8) is 0 Å². The van der Waals surface area contributed by atoms with E-state index in [1.807, 2.05) is 48.7 Å². The lowest BCUT2D eigenvalue weighted by Crippen LogP contribution is -2.14. The van der Waals surface area contributed by atoms with Crippen molar-refractivity contribution in [3.8, 4) is 28.4 Å². The summed E-state index contributed by atoms with van der Waals surface area (Å²) in [6, 6.07) is 14.1. The van der Waals surface area contributed by atoms with E-state index >= 15 is 0 Å². The molecule has 0 radical (unpaired) electrons. The number of fused-ring (bicyclic) bond motifs is 2. The Hall–Kier alpha value is -4.18. The van der Waals surface area contributed by atoms with Gasteiger partial charge in [0.05, 0.1) is 44.2 Å². The molecule has 0 unspecified atom stereocenters. The molecule has 0 saturated carbocycles. The van der Waals surface area contributed by atoms with E-state index in [0.29, 0.717) is 40.1 Å². The highest BCUT2D eigenvalue weighted by Crippen LogP contribution is 2.43. The number of ether oxygens (including phenoxy) is 4. The van der Waals surface area contributed by atoms with Crippen molar-refractivity contribution in [3.05, 3.63) is 65.6 Å². The molecule has 0 fully saturated rings. The maximum atomic E-state index is 14.9. The predicted octanol–water partition coefficient (Wildman–Crippen LogP) is 6.48. The molecule has 5 aromatic rings. The smallest absolute Gasteiger partial charge is 0.355 e. The average Bonchev–Trinajstić information content (AvgIpc) is 3.50. The van der Waals surface area contributed by atoms with Crippen LogP contribution in [0.5, 0.6) is 17.2 Å². The van der Waals surface area contributed by atoms with Gasteiger partial charge < -0.3 is 23.5 Å². The van der Waals surface area contributed by atoms with Gasteiger partial charge in [-0.3, -0.25) is 0 Å². The second kappa shape index (κ2) is 10.9. The molecule has 0 bridgehead atoms. The number of methoxy groups -OCH3 is 2. The van der Waals surface area contributed by atoms with Gasteiger partial charge in [0.2, 0.25) is 0 Å². The number of carbonyl (C=O) groups is 1. The van der Waals surface area contributed by atoms with Crippen molar-refractivity contribution in [1.82, 2.24) is 13.3 Å². The molecule has 202 valence electrons. The van der Waals surface area contributed by atoms with Crippen molar-refractivity contribution < 1.29 is 28.1 Å². The largest absolute Gasteiger partial charge is 0.494 e. The van der Waals surface area contributed by atoms with Crippen LogP contribution in [0.4, 0.5) is 4.39 Å². The van der Waals surface area contributed by atoms with Gasteiger partial charge in [-0.25, -0.2) is 9.18 Å². The van der Waals surface area contributed by atoms with Gasteiger partial charge in [-0.15, -0.1) is 0 Å². The minimum atomic E-state index is -0.543. The van der Waals surface area contributed by atoms with Crippen LogP contribution in [-0.2, 0) is 11.3 Å². The lowest BCUT2D eigenvalue weighted by Gasteiger charge is -2.15. The molecule has 8 nitrogen and oxygen atoms in total. The summed E-state index contributed by atoms with van der Waals surface area (Å²) < 4.78 is 47.8. The molecule has 2 heterocycles. The number of esters is 1. The molecular weight excluding hydrogens is 521 g/mol. The highest BCUT2D eigenvalue weighted by molar-refractivity contribution is 7.00. The fraction of sp³-hybridized carbons (Fsp3) is 0.276. The summed E-state index contributed by atoms with van der Waals surface area (Å²) in [5.74, 6) is 0.0609. The Morgan fingerprint density at radius 3 is 2.44 bits per heavy atom. The number of benzene rings is 3. The summed E-state index contributed by atoms with van der Waals surface area (Å²) in [7, 11) is 2.96. The zero-order valence-corrected chi connectivity index (χ0v) is 23.1. The van der Waals surface area contributed by atoms with Gasteiger partial charge in [-0.1, -0.05) is 12.1 Å². The second-order valence-electron chi connectivity index (χ2n) is 9.15. The van der Waals surface area contributed by atoms with E-state index in [1.165, 1.54) is 13.2 Å². The Morgan fingerprint density at radius 1 is 0.974 bits per heavy atom. The van der Waals surface area contributed by atoms with E-state index in [0.717, 1.165) is 28.3 Å². The van der Waals surface area contributed by atoms with Crippen molar-refractivity contribution >= 4 is 39.6 Å². The van der Waals surface area contributed by atoms with Gasteiger partial charge >= 0.3 is 5.97 Å². The molecule has 0 N–H and O–H groups in total. The predicted molar refractivity (Wildman–Crippen MR) is 149 cm³/mol. The maximum absolute atomic E-state index is 14.9. The fourth-order valence-corrected chi connectivity index (χ4v) is 5.18. The molecular formula is C29H28FN3O5S. The Labute approximate surface area is 229 Å². The van der Waals surface area contributed by atoms with Crippen molar-refractivity contribution in [2.75, 3.05) is 20.8 Å². The molecule has 0 saturated heterocycles. The van der Waals surface area contributed by atoms with Crippen LogP contribution >= 0.6 is 11.7 Å². The number of carbonyl (C=O) groups excluding carboxylic acids is 1. The van der Waals surface area contributed by atoms with Crippen LogP contribution in [-0.4, -0.2) is 46.2 Å². The molecule has 0 atom stereocenters. The van der Waals surface area contributed by atoms with Gasteiger partial charge in [0, 0.05) is 23.6 Å². The molecule has 0 aliphatic carbocycles. The van der Waals surface area contributed by atoms with Crippen LogP contribution in [0.3, 0.4) is 0 Å². The number of nitrogens with zero attached hydrogens (tertiary/aromatic N) is 3.